The Balaban J connectivity index is 2.02. The van der Waals surface area contributed by atoms with Crippen LogP contribution in [0.3, 0.4) is 0 Å². The summed E-state index contributed by atoms with van der Waals surface area (Å²) in [5.41, 5.74) is 0.731. The number of hydrogen-bond acceptors (Lipinski definition) is 4. The largest absolute Gasteiger partial charge is 0.393 e. The van der Waals surface area contributed by atoms with E-state index in [9.17, 15) is 9.50 Å². The Labute approximate surface area is 121 Å². The van der Waals surface area contributed by atoms with Crippen LogP contribution in [0, 0.1) is 5.82 Å². The van der Waals surface area contributed by atoms with E-state index < -0.39 is 6.10 Å². The second kappa shape index (κ2) is 6.81. The molecule has 0 saturated heterocycles. The highest BCUT2D eigenvalue weighted by Crippen LogP contribution is 2.19. The summed E-state index contributed by atoms with van der Waals surface area (Å²) < 4.78 is 18.0. The molecule has 0 aliphatic carbocycles. The third kappa shape index (κ3) is 4.02. The number of aliphatic hydroxyl groups is 1. The van der Waals surface area contributed by atoms with Crippen LogP contribution >= 0.6 is 11.6 Å². The fourth-order valence-electron chi connectivity index (χ4n) is 1.92. The third-order valence-electron chi connectivity index (χ3n) is 2.91. The van der Waals surface area contributed by atoms with Crippen LogP contribution < -0.4 is 0 Å². The minimum atomic E-state index is -0.470. The Bertz CT molecular complexity index is 574. The van der Waals surface area contributed by atoms with Gasteiger partial charge in [-0.15, -0.1) is 0 Å². The molecule has 6 heteroatoms. The molecule has 2 aromatic rings. The molecule has 0 bridgehead atoms. The molecule has 1 aromatic heterocycles. The van der Waals surface area contributed by atoms with Gasteiger partial charge in [-0.3, -0.25) is 0 Å². The molecule has 4 nitrogen and oxygen atoms in total. The molecule has 1 aromatic carbocycles. The molecular weight excluding hydrogens is 283 g/mol. The van der Waals surface area contributed by atoms with Crippen molar-refractivity contribution in [3.05, 3.63) is 46.3 Å². The molecule has 0 saturated carbocycles. The number of aromatic nitrogens is 2. The van der Waals surface area contributed by atoms with Crippen LogP contribution in [-0.4, -0.2) is 21.4 Å². The smallest absolute Gasteiger partial charge is 0.229 e. The second-order valence-electron chi connectivity index (χ2n) is 4.66. The van der Waals surface area contributed by atoms with Gasteiger partial charge in [0.1, 0.15) is 5.82 Å². The molecule has 1 N–H and O–H groups in total. The summed E-state index contributed by atoms with van der Waals surface area (Å²) in [6, 6.07) is 4.19. The molecule has 0 radical (unpaired) electrons. The predicted octanol–water partition coefficient (Wildman–Crippen LogP) is 3.16. The Morgan fingerprint density at radius 1 is 1.45 bits per heavy atom. The van der Waals surface area contributed by atoms with Crippen LogP contribution in [0.2, 0.25) is 5.02 Å². The lowest BCUT2D eigenvalue weighted by Crippen LogP contribution is -2.09. The van der Waals surface area contributed by atoms with Crippen molar-refractivity contribution in [1.82, 2.24) is 10.1 Å². The fourth-order valence-corrected chi connectivity index (χ4v) is 2.15. The standard InChI is InChI=1S/C14H16ClFN2O2/c1-2-3-11(19)8-14-17-13(18-20-14)6-9-4-5-10(16)7-12(9)15/h4-5,7,11,19H,2-3,6,8H2,1H3. The maximum Gasteiger partial charge on any atom is 0.229 e. The van der Waals surface area contributed by atoms with Crippen LogP contribution in [0.1, 0.15) is 37.0 Å². The average Bonchev–Trinajstić information content (AvgIpc) is 2.80. The second-order valence-corrected chi connectivity index (χ2v) is 5.07. The zero-order valence-electron chi connectivity index (χ0n) is 11.1. The van der Waals surface area contributed by atoms with E-state index in [0.717, 1.165) is 12.0 Å². The van der Waals surface area contributed by atoms with Crippen LogP contribution in [-0.2, 0) is 12.8 Å². The summed E-state index contributed by atoms with van der Waals surface area (Å²) >= 11 is 5.95. The molecular formula is C14H16ClFN2O2. The zero-order chi connectivity index (χ0) is 14.5. The minimum absolute atomic E-state index is 0.336. The summed E-state index contributed by atoms with van der Waals surface area (Å²) in [5, 5.41) is 13.9. The summed E-state index contributed by atoms with van der Waals surface area (Å²) in [6.45, 7) is 2.00. The predicted molar refractivity (Wildman–Crippen MR) is 73.1 cm³/mol. The van der Waals surface area contributed by atoms with Crippen molar-refractivity contribution >= 4 is 11.6 Å². The van der Waals surface area contributed by atoms with Crippen molar-refractivity contribution < 1.29 is 14.0 Å². The Hall–Kier alpha value is -1.46. The molecule has 0 spiro atoms. The molecule has 1 heterocycles. The molecule has 1 atom stereocenters. The van der Waals surface area contributed by atoms with Crippen molar-refractivity contribution in [1.29, 1.82) is 0 Å². The van der Waals surface area contributed by atoms with E-state index in [4.69, 9.17) is 16.1 Å². The van der Waals surface area contributed by atoms with E-state index in [1.54, 1.807) is 6.07 Å². The van der Waals surface area contributed by atoms with Crippen LogP contribution in [0.4, 0.5) is 4.39 Å². The molecule has 108 valence electrons. The maximum absolute atomic E-state index is 12.9. The first-order chi connectivity index (χ1) is 9.58. The monoisotopic (exact) mass is 298 g/mol. The quantitative estimate of drug-likeness (QED) is 0.890. The Kier molecular flexibility index (Phi) is 5.09. The highest BCUT2D eigenvalue weighted by Gasteiger charge is 2.13. The molecule has 20 heavy (non-hydrogen) atoms. The number of benzene rings is 1. The van der Waals surface area contributed by atoms with E-state index >= 15 is 0 Å². The summed E-state index contributed by atoms with van der Waals surface area (Å²) in [4.78, 5) is 4.20. The number of rotatable bonds is 6. The van der Waals surface area contributed by atoms with Gasteiger partial charge in [-0.2, -0.15) is 4.98 Å². The lowest BCUT2D eigenvalue weighted by atomic mass is 10.1. The van der Waals surface area contributed by atoms with Gasteiger partial charge in [-0.25, -0.2) is 4.39 Å². The van der Waals surface area contributed by atoms with Gasteiger partial charge in [0.15, 0.2) is 5.82 Å². The molecule has 2 rings (SSSR count). The normalized spacial score (nSPS) is 12.6. The van der Waals surface area contributed by atoms with Gasteiger partial charge in [0.2, 0.25) is 5.89 Å². The molecule has 1 unspecified atom stereocenters. The van der Waals surface area contributed by atoms with Gasteiger partial charge >= 0.3 is 0 Å². The lowest BCUT2D eigenvalue weighted by Gasteiger charge is -2.04. The number of halogens is 2. The van der Waals surface area contributed by atoms with Crippen LogP contribution in [0.5, 0.6) is 0 Å². The Morgan fingerprint density at radius 3 is 2.95 bits per heavy atom. The average molecular weight is 299 g/mol. The zero-order valence-corrected chi connectivity index (χ0v) is 11.9. The van der Waals surface area contributed by atoms with Gasteiger partial charge in [0.05, 0.1) is 12.5 Å². The highest BCUT2D eigenvalue weighted by atomic mass is 35.5. The highest BCUT2D eigenvalue weighted by molar-refractivity contribution is 6.31. The maximum atomic E-state index is 12.9. The fraction of sp³-hybridized carbons (Fsp3) is 0.429. The lowest BCUT2D eigenvalue weighted by molar-refractivity contribution is 0.151. The summed E-state index contributed by atoms with van der Waals surface area (Å²) in [6.07, 6.45) is 1.84. The SMILES string of the molecule is CCCC(O)Cc1nc(Cc2ccc(F)cc2Cl)no1. The van der Waals surface area contributed by atoms with Crippen molar-refractivity contribution in [2.24, 2.45) is 0 Å². The van der Waals surface area contributed by atoms with E-state index in [0.29, 0.717) is 36.0 Å². The van der Waals surface area contributed by atoms with Gasteiger partial charge in [-0.1, -0.05) is 36.2 Å². The van der Waals surface area contributed by atoms with Crippen molar-refractivity contribution in [3.8, 4) is 0 Å². The topological polar surface area (TPSA) is 59.2 Å². The van der Waals surface area contributed by atoms with Crippen molar-refractivity contribution in [2.45, 2.75) is 38.7 Å². The minimum Gasteiger partial charge on any atom is -0.393 e. The van der Waals surface area contributed by atoms with E-state index in [2.05, 4.69) is 10.1 Å². The van der Waals surface area contributed by atoms with E-state index in [-0.39, 0.29) is 5.82 Å². The molecule has 0 aliphatic heterocycles. The van der Waals surface area contributed by atoms with E-state index in [1.807, 2.05) is 6.92 Å². The first-order valence-electron chi connectivity index (χ1n) is 6.52. The van der Waals surface area contributed by atoms with Gasteiger partial charge in [0.25, 0.3) is 0 Å². The van der Waals surface area contributed by atoms with Crippen molar-refractivity contribution in [3.63, 3.8) is 0 Å². The van der Waals surface area contributed by atoms with Crippen LogP contribution in [0.15, 0.2) is 22.7 Å². The molecule has 0 fully saturated rings. The van der Waals surface area contributed by atoms with E-state index in [1.165, 1.54) is 12.1 Å². The number of nitrogens with zero attached hydrogens (tertiary/aromatic N) is 2. The van der Waals surface area contributed by atoms with Gasteiger partial charge in [-0.05, 0) is 24.1 Å². The summed E-state index contributed by atoms with van der Waals surface area (Å²) in [5.74, 6) is 0.492. The van der Waals surface area contributed by atoms with Gasteiger partial charge < -0.3 is 9.63 Å². The van der Waals surface area contributed by atoms with Crippen molar-refractivity contribution in [2.75, 3.05) is 0 Å². The number of aliphatic hydroxyl groups excluding tert-OH is 1. The first kappa shape index (κ1) is 14.9. The summed E-state index contributed by atoms with van der Waals surface area (Å²) in [7, 11) is 0. The van der Waals surface area contributed by atoms with Crippen LogP contribution in [0.25, 0.3) is 0 Å². The first-order valence-corrected chi connectivity index (χ1v) is 6.89. The number of hydrogen-bond donors (Lipinski definition) is 1. The third-order valence-corrected chi connectivity index (χ3v) is 3.26. The Morgan fingerprint density at radius 2 is 2.25 bits per heavy atom. The molecule has 0 aliphatic rings. The van der Waals surface area contributed by atoms with Gasteiger partial charge in [0, 0.05) is 11.4 Å². The molecule has 0 amide bonds.